The van der Waals surface area contributed by atoms with Gasteiger partial charge in [-0.15, -0.1) is 0 Å². The maximum atomic E-state index is 11.9. The molecule has 0 spiro atoms. The minimum absolute atomic E-state index is 0.124. The number of aryl methyl sites for hydroxylation is 1. The van der Waals surface area contributed by atoms with Gasteiger partial charge in [-0.1, -0.05) is 30.3 Å². The summed E-state index contributed by atoms with van der Waals surface area (Å²) in [6.07, 6.45) is 7.31. The second-order valence-electron chi connectivity index (χ2n) is 6.69. The number of hydrogen-bond acceptors (Lipinski definition) is 4. The van der Waals surface area contributed by atoms with Gasteiger partial charge in [0.1, 0.15) is 0 Å². The Morgan fingerprint density at radius 3 is 3.00 bits per heavy atom. The number of rotatable bonds is 8. The Morgan fingerprint density at radius 1 is 1.32 bits per heavy atom. The number of oxazole rings is 1. The van der Waals surface area contributed by atoms with E-state index in [1.165, 1.54) is 12.8 Å². The molecule has 1 fully saturated rings. The van der Waals surface area contributed by atoms with E-state index in [1.807, 2.05) is 30.3 Å². The van der Waals surface area contributed by atoms with Crippen LogP contribution in [0.25, 0.3) is 11.3 Å². The van der Waals surface area contributed by atoms with Crippen molar-refractivity contribution in [3.8, 4) is 11.3 Å². The molecule has 2 aromatic rings. The molecule has 1 aromatic heterocycles. The predicted molar refractivity (Wildman–Crippen MR) is 98.1 cm³/mol. The second kappa shape index (κ2) is 9.37. The molecule has 2 N–H and O–H groups in total. The molecule has 0 radical (unpaired) electrons. The Morgan fingerprint density at radius 2 is 2.20 bits per heavy atom. The van der Waals surface area contributed by atoms with E-state index in [0.717, 1.165) is 43.8 Å². The number of hydrogen-bond donors (Lipinski definition) is 2. The number of benzene rings is 1. The zero-order valence-electron chi connectivity index (χ0n) is 14.7. The highest BCUT2D eigenvalue weighted by Gasteiger charge is 2.13. The molecule has 0 bridgehead atoms. The van der Waals surface area contributed by atoms with E-state index >= 15 is 0 Å². The Balaban J connectivity index is 1.32. The van der Waals surface area contributed by atoms with Gasteiger partial charge in [0, 0.05) is 24.9 Å². The first-order valence-electron chi connectivity index (χ1n) is 9.29. The Hall–Kier alpha value is -2.14. The van der Waals surface area contributed by atoms with E-state index in [-0.39, 0.29) is 5.91 Å². The maximum Gasteiger partial charge on any atom is 0.220 e. The Labute approximate surface area is 149 Å². The number of carbonyl (C=O) groups is 1. The summed E-state index contributed by atoms with van der Waals surface area (Å²) in [6, 6.07) is 9.93. The molecule has 0 aliphatic carbocycles. The highest BCUT2D eigenvalue weighted by molar-refractivity contribution is 5.75. The summed E-state index contributed by atoms with van der Waals surface area (Å²) in [5, 5.41) is 6.44. The summed E-state index contributed by atoms with van der Waals surface area (Å²) in [6.45, 7) is 3.00. The topological polar surface area (TPSA) is 67.2 Å². The Bertz CT molecular complexity index is 648. The van der Waals surface area contributed by atoms with Crippen LogP contribution in [0.2, 0.25) is 0 Å². The first-order chi connectivity index (χ1) is 12.3. The summed E-state index contributed by atoms with van der Waals surface area (Å²) < 4.78 is 5.76. The minimum Gasteiger partial charge on any atom is -0.441 e. The molecule has 5 heteroatoms. The van der Waals surface area contributed by atoms with Crippen LogP contribution in [0.1, 0.15) is 38.0 Å². The van der Waals surface area contributed by atoms with E-state index in [4.69, 9.17) is 4.42 Å². The zero-order valence-corrected chi connectivity index (χ0v) is 14.7. The lowest BCUT2D eigenvalue weighted by atomic mass is 9.96. The van der Waals surface area contributed by atoms with E-state index in [2.05, 4.69) is 15.6 Å². The van der Waals surface area contributed by atoms with Crippen LogP contribution in [-0.4, -0.2) is 30.5 Å². The molecule has 3 rings (SSSR count). The van der Waals surface area contributed by atoms with E-state index in [0.29, 0.717) is 24.7 Å². The van der Waals surface area contributed by atoms with Gasteiger partial charge in [0.25, 0.3) is 0 Å². The maximum absolute atomic E-state index is 11.9. The van der Waals surface area contributed by atoms with Crippen LogP contribution >= 0.6 is 0 Å². The van der Waals surface area contributed by atoms with Crippen molar-refractivity contribution >= 4 is 5.91 Å². The summed E-state index contributed by atoms with van der Waals surface area (Å²) in [7, 11) is 0. The molecule has 5 nitrogen and oxygen atoms in total. The SMILES string of the molecule is O=C(CCCc1ncc(-c2ccccc2)o1)NCCC1CCCNC1. The molecule has 0 saturated carbocycles. The van der Waals surface area contributed by atoms with Crippen LogP contribution in [0.15, 0.2) is 40.9 Å². The number of nitrogens with one attached hydrogen (secondary N) is 2. The van der Waals surface area contributed by atoms with E-state index in [1.54, 1.807) is 6.20 Å². The number of piperidine rings is 1. The van der Waals surface area contributed by atoms with Crippen LogP contribution < -0.4 is 10.6 Å². The van der Waals surface area contributed by atoms with Gasteiger partial charge in [0.15, 0.2) is 11.7 Å². The number of amides is 1. The third-order valence-corrected chi connectivity index (χ3v) is 4.68. The molecule has 1 unspecified atom stereocenters. The van der Waals surface area contributed by atoms with Gasteiger partial charge in [-0.2, -0.15) is 0 Å². The largest absolute Gasteiger partial charge is 0.441 e. The molecule has 1 amide bonds. The van der Waals surface area contributed by atoms with Crippen molar-refractivity contribution in [2.75, 3.05) is 19.6 Å². The van der Waals surface area contributed by atoms with E-state index < -0.39 is 0 Å². The predicted octanol–water partition coefficient (Wildman–Crippen LogP) is 3.17. The summed E-state index contributed by atoms with van der Waals surface area (Å²) in [5.41, 5.74) is 1.02. The van der Waals surface area contributed by atoms with Crippen LogP contribution in [0.5, 0.6) is 0 Å². The van der Waals surface area contributed by atoms with Crippen molar-refractivity contribution in [2.24, 2.45) is 5.92 Å². The zero-order chi connectivity index (χ0) is 17.3. The first-order valence-corrected chi connectivity index (χ1v) is 9.29. The van der Waals surface area contributed by atoms with Crippen molar-refractivity contribution in [2.45, 2.75) is 38.5 Å². The van der Waals surface area contributed by atoms with Crippen molar-refractivity contribution in [1.82, 2.24) is 15.6 Å². The average Bonchev–Trinajstić information content (AvgIpc) is 3.12. The average molecular weight is 341 g/mol. The monoisotopic (exact) mass is 341 g/mol. The third kappa shape index (κ3) is 5.71. The molecule has 1 aromatic carbocycles. The fraction of sp³-hybridized carbons (Fsp3) is 0.500. The number of aromatic nitrogens is 1. The van der Waals surface area contributed by atoms with Crippen molar-refractivity contribution in [3.63, 3.8) is 0 Å². The molecule has 2 heterocycles. The van der Waals surface area contributed by atoms with Gasteiger partial charge < -0.3 is 15.1 Å². The van der Waals surface area contributed by atoms with Crippen LogP contribution in [0.4, 0.5) is 0 Å². The molecule has 1 aliphatic rings. The second-order valence-corrected chi connectivity index (χ2v) is 6.69. The fourth-order valence-corrected chi connectivity index (χ4v) is 3.24. The number of nitrogens with zero attached hydrogens (tertiary/aromatic N) is 1. The van der Waals surface area contributed by atoms with Crippen molar-refractivity contribution in [3.05, 3.63) is 42.4 Å². The molecular weight excluding hydrogens is 314 g/mol. The van der Waals surface area contributed by atoms with Gasteiger partial charge in [-0.25, -0.2) is 4.98 Å². The lowest BCUT2D eigenvalue weighted by molar-refractivity contribution is -0.121. The lowest BCUT2D eigenvalue weighted by Gasteiger charge is -2.22. The van der Waals surface area contributed by atoms with Crippen LogP contribution in [0, 0.1) is 5.92 Å². The molecule has 134 valence electrons. The smallest absolute Gasteiger partial charge is 0.220 e. The molecule has 25 heavy (non-hydrogen) atoms. The molecule has 1 aliphatic heterocycles. The van der Waals surface area contributed by atoms with Crippen LogP contribution in [0.3, 0.4) is 0 Å². The van der Waals surface area contributed by atoms with Gasteiger partial charge in [0.05, 0.1) is 6.20 Å². The van der Waals surface area contributed by atoms with Gasteiger partial charge >= 0.3 is 0 Å². The van der Waals surface area contributed by atoms with Crippen LogP contribution in [-0.2, 0) is 11.2 Å². The van der Waals surface area contributed by atoms with Crippen molar-refractivity contribution < 1.29 is 9.21 Å². The van der Waals surface area contributed by atoms with Gasteiger partial charge in [-0.3, -0.25) is 4.79 Å². The van der Waals surface area contributed by atoms with Gasteiger partial charge in [-0.05, 0) is 44.7 Å². The lowest BCUT2D eigenvalue weighted by Crippen LogP contribution is -2.33. The quantitative estimate of drug-likeness (QED) is 0.774. The normalized spacial score (nSPS) is 17.4. The fourth-order valence-electron chi connectivity index (χ4n) is 3.24. The van der Waals surface area contributed by atoms with Crippen molar-refractivity contribution in [1.29, 1.82) is 0 Å². The first kappa shape index (κ1) is 17.7. The standard InChI is InChI=1S/C20H27N3O2/c24-19(22-13-11-16-6-5-12-21-14-16)9-4-10-20-23-15-18(25-20)17-7-2-1-3-8-17/h1-3,7-8,15-16,21H,4-6,9-14H2,(H,22,24). The van der Waals surface area contributed by atoms with E-state index in [9.17, 15) is 4.79 Å². The molecule has 1 atom stereocenters. The minimum atomic E-state index is 0.124. The highest BCUT2D eigenvalue weighted by Crippen LogP contribution is 2.20. The summed E-state index contributed by atoms with van der Waals surface area (Å²) in [5.74, 6) is 2.30. The highest BCUT2D eigenvalue weighted by atomic mass is 16.4. The molecule has 1 saturated heterocycles. The Kier molecular flexibility index (Phi) is 6.63. The third-order valence-electron chi connectivity index (χ3n) is 4.68. The van der Waals surface area contributed by atoms with Gasteiger partial charge in [0.2, 0.25) is 5.91 Å². The summed E-state index contributed by atoms with van der Waals surface area (Å²) in [4.78, 5) is 16.2. The molecular formula is C20H27N3O2. The summed E-state index contributed by atoms with van der Waals surface area (Å²) >= 11 is 0. The number of carbonyl (C=O) groups excluding carboxylic acids is 1.